The molecular weight excluding hydrogens is 308 g/mol. The number of piperidine rings is 1. The number of carbonyl (C=O) groups excluding carboxylic acids is 2. The Morgan fingerprint density at radius 3 is 2.57 bits per heavy atom. The molecule has 0 bridgehead atoms. The van der Waals surface area contributed by atoms with E-state index in [9.17, 15) is 9.59 Å². The van der Waals surface area contributed by atoms with Gasteiger partial charge in [0.2, 0.25) is 11.8 Å². The van der Waals surface area contributed by atoms with Crippen molar-refractivity contribution < 1.29 is 9.59 Å². The number of carbonyl (C=O) groups is 2. The summed E-state index contributed by atoms with van der Waals surface area (Å²) >= 11 is 1.97. The molecule has 2 amide bonds. The Morgan fingerprint density at radius 2 is 1.91 bits per heavy atom. The normalized spacial score (nSPS) is 28.7. The van der Waals surface area contributed by atoms with Crippen molar-refractivity contribution in [3.63, 3.8) is 0 Å². The lowest BCUT2D eigenvalue weighted by molar-refractivity contribution is -0.142. The number of amides is 2. The predicted octanol–water partition coefficient (Wildman–Crippen LogP) is 3.06. The summed E-state index contributed by atoms with van der Waals surface area (Å²) in [5.41, 5.74) is -0.368. The number of likely N-dealkylation sites (tertiary alicyclic amines) is 1. The molecule has 0 unspecified atom stereocenters. The smallest absolute Gasteiger partial charge is 0.227 e. The van der Waals surface area contributed by atoms with Gasteiger partial charge >= 0.3 is 0 Å². The summed E-state index contributed by atoms with van der Waals surface area (Å²) in [6.45, 7) is 9.40. The molecule has 2 aliphatic rings. The van der Waals surface area contributed by atoms with Crippen LogP contribution in [0.5, 0.6) is 0 Å². The lowest BCUT2D eigenvalue weighted by atomic mass is 9.90. The Bertz CT molecular complexity index is 433. The quantitative estimate of drug-likeness (QED) is 0.856. The maximum atomic E-state index is 12.7. The Kier molecular flexibility index (Phi) is 6.40. The van der Waals surface area contributed by atoms with Gasteiger partial charge in [0.05, 0.1) is 5.92 Å². The van der Waals surface area contributed by atoms with Gasteiger partial charge in [0.15, 0.2) is 0 Å². The van der Waals surface area contributed by atoms with Crippen LogP contribution in [-0.2, 0) is 9.59 Å². The average molecular weight is 341 g/mol. The minimum atomic E-state index is -0.368. The lowest BCUT2D eigenvalue weighted by Crippen LogP contribution is -2.50. The fraction of sp³-hybridized carbons (Fsp3) is 0.889. The van der Waals surface area contributed by atoms with Crippen LogP contribution in [0, 0.1) is 11.3 Å². The summed E-state index contributed by atoms with van der Waals surface area (Å²) in [6, 6.07) is 0.321. The summed E-state index contributed by atoms with van der Waals surface area (Å²) in [5.74, 6) is 1.39. The van der Waals surface area contributed by atoms with Gasteiger partial charge in [0, 0.05) is 29.8 Å². The second-order valence-corrected chi connectivity index (χ2v) is 9.40. The first-order chi connectivity index (χ1) is 10.8. The van der Waals surface area contributed by atoms with Crippen LogP contribution in [0.1, 0.15) is 59.8 Å². The first kappa shape index (κ1) is 18.6. The van der Waals surface area contributed by atoms with Gasteiger partial charge in [0.1, 0.15) is 0 Å². The van der Waals surface area contributed by atoms with Crippen LogP contribution in [0.4, 0.5) is 0 Å². The molecule has 4 nitrogen and oxygen atoms in total. The van der Waals surface area contributed by atoms with Crippen molar-refractivity contribution in [1.82, 2.24) is 10.2 Å². The summed E-state index contributed by atoms with van der Waals surface area (Å²) in [7, 11) is 0. The average Bonchev–Trinajstić information content (AvgIpc) is 2.93. The number of nitrogens with zero attached hydrogens (tertiary/aromatic N) is 1. The van der Waals surface area contributed by atoms with Gasteiger partial charge in [0.25, 0.3) is 0 Å². The third kappa shape index (κ3) is 4.88. The number of thioether (sulfide) groups is 1. The Labute approximate surface area is 145 Å². The highest BCUT2D eigenvalue weighted by molar-refractivity contribution is 7.99. The van der Waals surface area contributed by atoms with Gasteiger partial charge in [-0.1, -0.05) is 34.1 Å². The number of rotatable bonds is 4. The zero-order valence-electron chi connectivity index (χ0n) is 15.1. The van der Waals surface area contributed by atoms with Crippen molar-refractivity contribution in [2.45, 2.75) is 71.1 Å². The molecule has 2 fully saturated rings. The van der Waals surface area contributed by atoms with Gasteiger partial charge < -0.3 is 10.2 Å². The van der Waals surface area contributed by atoms with Crippen LogP contribution in [0.2, 0.25) is 0 Å². The number of nitrogens with one attached hydrogen (secondary N) is 1. The van der Waals surface area contributed by atoms with E-state index in [4.69, 9.17) is 0 Å². The van der Waals surface area contributed by atoms with Gasteiger partial charge in [-0.15, -0.1) is 0 Å². The molecule has 1 saturated carbocycles. The van der Waals surface area contributed by atoms with E-state index in [0.717, 1.165) is 31.6 Å². The summed E-state index contributed by atoms with van der Waals surface area (Å²) in [5, 5.41) is 3.85. The lowest BCUT2D eigenvalue weighted by Gasteiger charge is -2.36. The molecule has 132 valence electrons. The highest BCUT2D eigenvalue weighted by Crippen LogP contribution is 2.30. The number of hydrogen-bond acceptors (Lipinski definition) is 3. The highest BCUT2D eigenvalue weighted by Gasteiger charge is 2.35. The molecule has 5 heteroatoms. The van der Waals surface area contributed by atoms with Crippen LogP contribution >= 0.6 is 11.8 Å². The molecule has 1 aliphatic heterocycles. The van der Waals surface area contributed by atoms with Crippen LogP contribution in [0.15, 0.2) is 0 Å². The van der Waals surface area contributed by atoms with Gasteiger partial charge in [-0.3, -0.25) is 9.59 Å². The van der Waals surface area contributed by atoms with Crippen molar-refractivity contribution in [1.29, 1.82) is 0 Å². The predicted molar refractivity (Wildman–Crippen MR) is 96.5 cm³/mol. The van der Waals surface area contributed by atoms with E-state index in [1.54, 1.807) is 0 Å². The van der Waals surface area contributed by atoms with E-state index in [-0.39, 0.29) is 23.1 Å². The van der Waals surface area contributed by atoms with Crippen LogP contribution < -0.4 is 5.32 Å². The van der Waals surface area contributed by atoms with E-state index in [2.05, 4.69) is 12.2 Å². The molecule has 0 spiro atoms. The largest absolute Gasteiger partial charge is 0.352 e. The van der Waals surface area contributed by atoms with Gasteiger partial charge in [-0.25, -0.2) is 0 Å². The van der Waals surface area contributed by atoms with E-state index < -0.39 is 0 Å². The fourth-order valence-electron chi connectivity index (χ4n) is 3.66. The SMILES string of the molecule is CCS[C@@H]1CCC[C@H]1NC(=O)[C@@H]1CCCN(C(=O)C(C)(C)C)C1. The van der Waals surface area contributed by atoms with Crippen LogP contribution in [0.25, 0.3) is 0 Å². The maximum Gasteiger partial charge on any atom is 0.227 e. The van der Waals surface area contributed by atoms with Crippen LogP contribution in [0.3, 0.4) is 0 Å². The van der Waals surface area contributed by atoms with Crippen molar-refractivity contribution in [2.24, 2.45) is 11.3 Å². The first-order valence-corrected chi connectivity index (χ1v) is 10.1. The zero-order chi connectivity index (χ0) is 17.0. The molecule has 23 heavy (non-hydrogen) atoms. The third-order valence-electron chi connectivity index (χ3n) is 4.88. The molecule has 1 saturated heterocycles. The molecule has 3 atom stereocenters. The fourth-order valence-corrected chi connectivity index (χ4v) is 4.85. The van der Waals surface area contributed by atoms with Crippen molar-refractivity contribution in [2.75, 3.05) is 18.8 Å². The van der Waals surface area contributed by atoms with E-state index in [1.807, 2.05) is 37.4 Å². The summed E-state index contributed by atoms with van der Waals surface area (Å²) < 4.78 is 0. The molecule has 2 rings (SSSR count). The molecule has 0 aromatic rings. The van der Waals surface area contributed by atoms with Crippen molar-refractivity contribution >= 4 is 23.6 Å². The first-order valence-electron chi connectivity index (χ1n) is 9.04. The van der Waals surface area contributed by atoms with Gasteiger partial charge in [-0.05, 0) is 31.4 Å². The van der Waals surface area contributed by atoms with Crippen molar-refractivity contribution in [3.8, 4) is 0 Å². The second kappa shape index (κ2) is 7.91. The van der Waals surface area contributed by atoms with Crippen molar-refractivity contribution in [3.05, 3.63) is 0 Å². The maximum absolute atomic E-state index is 12.7. The zero-order valence-corrected chi connectivity index (χ0v) is 15.9. The minimum Gasteiger partial charge on any atom is -0.352 e. The van der Waals surface area contributed by atoms with E-state index in [0.29, 0.717) is 17.8 Å². The molecule has 0 radical (unpaired) electrons. The third-order valence-corrected chi connectivity index (χ3v) is 6.21. The van der Waals surface area contributed by atoms with Gasteiger partial charge in [-0.2, -0.15) is 11.8 Å². The van der Waals surface area contributed by atoms with E-state index >= 15 is 0 Å². The molecule has 0 aromatic heterocycles. The highest BCUT2D eigenvalue weighted by atomic mass is 32.2. The summed E-state index contributed by atoms with van der Waals surface area (Å²) in [6.07, 6.45) is 5.35. The second-order valence-electron chi connectivity index (χ2n) is 7.88. The standard InChI is InChI=1S/C18H32N2O2S/c1-5-23-15-10-6-9-14(15)19-16(21)13-8-7-11-20(12-13)17(22)18(2,3)4/h13-15H,5-12H2,1-4H3,(H,19,21)/t13-,14-,15-/m1/s1. The molecule has 1 heterocycles. The molecule has 0 aromatic carbocycles. The topological polar surface area (TPSA) is 49.4 Å². The Balaban J connectivity index is 1.90. The minimum absolute atomic E-state index is 0.0390. The molecule has 1 aliphatic carbocycles. The Morgan fingerprint density at radius 1 is 1.17 bits per heavy atom. The number of hydrogen-bond donors (Lipinski definition) is 1. The van der Waals surface area contributed by atoms with E-state index in [1.165, 1.54) is 12.8 Å². The monoisotopic (exact) mass is 340 g/mol. The Hall–Kier alpha value is -0.710. The molecular formula is C18H32N2O2S. The summed E-state index contributed by atoms with van der Waals surface area (Å²) in [4.78, 5) is 27.0. The van der Waals surface area contributed by atoms with Crippen LogP contribution in [-0.4, -0.2) is 46.8 Å². The molecule has 1 N–H and O–H groups in total.